The zero-order valence-electron chi connectivity index (χ0n) is 11.8. The van der Waals surface area contributed by atoms with Crippen LogP contribution in [0.25, 0.3) is 0 Å². The zero-order valence-corrected chi connectivity index (χ0v) is 11.8. The number of hydrogen-bond donors (Lipinski definition) is 2. The van der Waals surface area contributed by atoms with E-state index in [0.717, 1.165) is 0 Å². The highest BCUT2D eigenvalue weighted by atomic mass is 16.5. The van der Waals surface area contributed by atoms with E-state index in [0.29, 0.717) is 29.5 Å². The molecule has 0 radical (unpaired) electrons. The van der Waals surface area contributed by atoms with Gasteiger partial charge in [-0.15, -0.1) is 0 Å². The number of nitrogens with one attached hydrogen (secondary N) is 1. The van der Waals surface area contributed by atoms with Crippen molar-refractivity contribution in [2.75, 3.05) is 20.8 Å². The molecule has 0 fully saturated rings. The maximum Gasteiger partial charge on any atom is 0.325 e. The highest BCUT2D eigenvalue weighted by Crippen LogP contribution is 2.26. The van der Waals surface area contributed by atoms with E-state index >= 15 is 0 Å². The Balaban J connectivity index is 3.03. The van der Waals surface area contributed by atoms with E-state index < -0.39 is 12.0 Å². The second-order valence-electron chi connectivity index (χ2n) is 4.72. The maximum absolute atomic E-state index is 11.4. The summed E-state index contributed by atoms with van der Waals surface area (Å²) in [6, 6.07) is 4.35. The quantitative estimate of drug-likeness (QED) is 0.791. The van der Waals surface area contributed by atoms with Gasteiger partial charge in [-0.1, -0.05) is 13.8 Å². The molecule has 0 saturated heterocycles. The van der Waals surface area contributed by atoms with Crippen molar-refractivity contribution >= 4 is 5.97 Å². The number of carboxylic acid groups (broad SMARTS) is 1. The molecule has 19 heavy (non-hydrogen) atoms. The number of benzene rings is 1. The summed E-state index contributed by atoms with van der Waals surface area (Å²) in [5.41, 5.74) is 0.615. The van der Waals surface area contributed by atoms with Crippen molar-refractivity contribution in [2.24, 2.45) is 5.92 Å². The normalized spacial score (nSPS) is 12.3. The van der Waals surface area contributed by atoms with Crippen LogP contribution in [0.2, 0.25) is 0 Å². The lowest BCUT2D eigenvalue weighted by molar-refractivity contribution is -0.139. The lowest BCUT2D eigenvalue weighted by atomic mass is 10.1. The Bertz CT molecular complexity index is 409. The van der Waals surface area contributed by atoms with Crippen LogP contribution in [0.5, 0.6) is 11.5 Å². The molecule has 0 spiro atoms. The third-order valence-corrected chi connectivity index (χ3v) is 2.68. The molecular weight excluding hydrogens is 246 g/mol. The topological polar surface area (TPSA) is 67.8 Å². The summed E-state index contributed by atoms with van der Waals surface area (Å²) >= 11 is 0. The molecule has 106 valence electrons. The summed E-state index contributed by atoms with van der Waals surface area (Å²) < 4.78 is 10.3. The van der Waals surface area contributed by atoms with Gasteiger partial charge in [-0.05, 0) is 30.2 Å². The van der Waals surface area contributed by atoms with E-state index in [9.17, 15) is 9.90 Å². The fourth-order valence-corrected chi connectivity index (χ4v) is 1.70. The van der Waals surface area contributed by atoms with Gasteiger partial charge in [0.15, 0.2) is 0 Å². The molecule has 0 saturated carbocycles. The average Bonchev–Trinajstić information content (AvgIpc) is 2.37. The highest BCUT2D eigenvalue weighted by Gasteiger charge is 2.21. The third-order valence-electron chi connectivity index (χ3n) is 2.68. The standard InChI is InChI=1S/C14H21NO4/c1-9(2)8-15-13(14(16)17)10-5-11(18-3)7-12(6-10)19-4/h5-7,9,13,15H,8H2,1-4H3,(H,16,17). The number of rotatable bonds is 7. The van der Waals surface area contributed by atoms with Gasteiger partial charge >= 0.3 is 5.97 Å². The molecule has 0 amide bonds. The number of carbonyl (C=O) groups is 1. The van der Waals surface area contributed by atoms with Crippen LogP contribution in [0.4, 0.5) is 0 Å². The van der Waals surface area contributed by atoms with Gasteiger partial charge in [0.1, 0.15) is 17.5 Å². The summed E-state index contributed by atoms with van der Waals surface area (Å²) in [6.45, 7) is 4.67. The molecule has 2 N–H and O–H groups in total. The predicted octanol–water partition coefficient (Wildman–Crippen LogP) is 2.08. The number of ether oxygens (including phenoxy) is 2. The summed E-state index contributed by atoms with van der Waals surface area (Å²) in [5.74, 6) is 0.601. The van der Waals surface area contributed by atoms with Crippen LogP contribution >= 0.6 is 0 Å². The van der Waals surface area contributed by atoms with Crippen LogP contribution in [-0.4, -0.2) is 31.8 Å². The molecule has 1 atom stereocenters. The fourth-order valence-electron chi connectivity index (χ4n) is 1.70. The molecule has 0 aliphatic rings. The van der Waals surface area contributed by atoms with Crippen molar-refractivity contribution in [3.05, 3.63) is 23.8 Å². The molecule has 0 aromatic heterocycles. The Morgan fingerprint density at radius 3 is 2.11 bits per heavy atom. The predicted molar refractivity (Wildman–Crippen MR) is 72.8 cm³/mol. The van der Waals surface area contributed by atoms with Gasteiger partial charge in [-0.3, -0.25) is 4.79 Å². The van der Waals surface area contributed by atoms with Crippen molar-refractivity contribution in [2.45, 2.75) is 19.9 Å². The maximum atomic E-state index is 11.4. The molecule has 5 heteroatoms. The zero-order chi connectivity index (χ0) is 14.4. The van der Waals surface area contributed by atoms with Gasteiger partial charge < -0.3 is 19.9 Å². The fraction of sp³-hybridized carbons (Fsp3) is 0.500. The number of hydrogen-bond acceptors (Lipinski definition) is 4. The Labute approximate surface area is 113 Å². The van der Waals surface area contributed by atoms with Gasteiger partial charge in [0.25, 0.3) is 0 Å². The second kappa shape index (κ2) is 6.99. The van der Waals surface area contributed by atoms with Crippen LogP contribution in [0.3, 0.4) is 0 Å². The second-order valence-corrected chi connectivity index (χ2v) is 4.72. The first-order valence-electron chi connectivity index (χ1n) is 6.17. The van der Waals surface area contributed by atoms with Gasteiger partial charge in [-0.25, -0.2) is 0 Å². The molecular formula is C14H21NO4. The van der Waals surface area contributed by atoms with Crippen LogP contribution in [-0.2, 0) is 4.79 Å². The molecule has 0 aliphatic heterocycles. The largest absolute Gasteiger partial charge is 0.497 e. The van der Waals surface area contributed by atoms with E-state index in [2.05, 4.69) is 5.32 Å². The molecule has 1 aromatic carbocycles. The minimum atomic E-state index is -0.920. The van der Waals surface area contributed by atoms with Crippen molar-refractivity contribution < 1.29 is 19.4 Å². The molecule has 5 nitrogen and oxygen atoms in total. The third kappa shape index (κ3) is 4.44. The van der Waals surface area contributed by atoms with Crippen molar-refractivity contribution in [3.63, 3.8) is 0 Å². The smallest absolute Gasteiger partial charge is 0.325 e. The first kappa shape index (κ1) is 15.3. The number of carboxylic acids is 1. The van der Waals surface area contributed by atoms with Gasteiger partial charge in [0.2, 0.25) is 0 Å². The number of methoxy groups -OCH3 is 2. The molecule has 0 heterocycles. The summed E-state index contributed by atoms with van der Waals surface area (Å²) in [7, 11) is 3.08. The molecule has 1 rings (SSSR count). The Morgan fingerprint density at radius 2 is 1.74 bits per heavy atom. The van der Waals surface area contributed by atoms with E-state index in [-0.39, 0.29) is 0 Å². The van der Waals surface area contributed by atoms with E-state index in [1.807, 2.05) is 13.8 Å². The molecule has 1 unspecified atom stereocenters. The van der Waals surface area contributed by atoms with E-state index in [1.165, 1.54) is 14.2 Å². The van der Waals surface area contributed by atoms with Crippen LogP contribution in [0, 0.1) is 5.92 Å². The van der Waals surface area contributed by atoms with Crippen LogP contribution in [0.1, 0.15) is 25.5 Å². The van der Waals surface area contributed by atoms with Gasteiger partial charge in [0.05, 0.1) is 14.2 Å². The highest BCUT2D eigenvalue weighted by molar-refractivity contribution is 5.76. The van der Waals surface area contributed by atoms with Crippen molar-refractivity contribution in [1.29, 1.82) is 0 Å². The van der Waals surface area contributed by atoms with Gasteiger partial charge in [0, 0.05) is 6.07 Å². The van der Waals surface area contributed by atoms with Gasteiger partial charge in [-0.2, -0.15) is 0 Å². The molecule has 0 bridgehead atoms. The van der Waals surface area contributed by atoms with E-state index in [1.54, 1.807) is 18.2 Å². The molecule has 1 aromatic rings. The summed E-state index contributed by atoms with van der Waals surface area (Å²) in [6.07, 6.45) is 0. The summed E-state index contributed by atoms with van der Waals surface area (Å²) in [4.78, 5) is 11.4. The number of aliphatic carboxylic acids is 1. The van der Waals surface area contributed by atoms with Crippen LogP contribution < -0.4 is 14.8 Å². The monoisotopic (exact) mass is 267 g/mol. The average molecular weight is 267 g/mol. The Hall–Kier alpha value is -1.75. The lowest BCUT2D eigenvalue weighted by Gasteiger charge is -2.18. The SMILES string of the molecule is COc1cc(OC)cc(C(NCC(C)C)C(=O)O)c1. The minimum Gasteiger partial charge on any atom is -0.497 e. The van der Waals surface area contributed by atoms with Crippen LogP contribution in [0.15, 0.2) is 18.2 Å². The Kier molecular flexibility index (Phi) is 5.63. The Morgan fingerprint density at radius 1 is 1.21 bits per heavy atom. The lowest BCUT2D eigenvalue weighted by Crippen LogP contribution is -2.31. The molecule has 0 aliphatic carbocycles. The first-order valence-corrected chi connectivity index (χ1v) is 6.17. The minimum absolute atomic E-state index is 0.370. The van der Waals surface area contributed by atoms with E-state index in [4.69, 9.17) is 9.47 Å². The van der Waals surface area contributed by atoms with Crippen molar-refractivity contribution in [1.82, 2.24) is 5.32 Å². The van der Waals surface area contributed by atoms with Crippen molar-refractivity contribution in [3.8, 4) is 11.5 Å². The first-order chi connectivity index (χ1) is 8.97. The summed E-state index contributed by atoms with van der Waals surface area (Å²) in [5, 5.41) is 12.3.